The van der Waals surface area contributed by atoms with Gasteiger partial charge in [-0.2, -0.15) is 14.5 Å². The molecule has 0 radical (unpaired) electrons. The van der Waals surface area contributed by atoms with Crippen LogP contribution in [0.15, 0.2) is 23.4 Å². The van der Waals surface area contributed by atoms with Gasteiger partial charge in [0.05, 0.1) is 11.9 Å². The summed E-state index contributed by atoms with van der Waals surface area (Å²) < 4.78 is 30.3. The summed E-state index contributed by atoms with van der Waals surface area (Å²) in [6.45, 7) is 6.71. The van der Waals surface area contributed by atoms with Gasteiger partial charge in [-0.3, -0.25) is 14.2 Å². The van der Waals surface area contributed by atoms with E-state index >= 15 is 0 Å². The molecular weight excluding hydrogens is 356 g/mol. The van der Waals surface area contributed by atoms with Crippen LogP contribution in [0.25, 0.3) is 0 Å². The van der Waals surface area contributed by atoms with E-state index in [2.05, 4.69) is 10.2 Å². The maximum atomic E-state index is 12.8. The van der Waals surface area contributed by atoms with E-state index in [0.717, 1.165) is 5.69 Å². The molecule has 0 aromatic carbocycles. The van der Waals surface area contributed by atoms with Crippen LogP contribution >= 0.6 is 0 Å². The van der Waals surface area contributed by atoms with Gasteiger partial charge in [0.1, 0.15) is 10.9 Å². The Kier molecular flexibility index (Phi) is 4.89. The molecule has 0 bridgehead atoms. The number of hydrogen-bond acceptors (Lipinski definition) is 5. The van der Waals surface area contributed by atoms with Crippen molar-refractivity contribution in [2.24, 2.45) is 7.05 Å². The number of nitrogens with zero attached hydrogens (tertiary/aromatic N) is 6. The normalized spacial score (nSPS) is 17.5. The maximum absolute atomic E-state index is 12.8. The highest BCUT2D eigenvalue weighted by molar-refractivity contribution is 7.89. The summed E-state index contributed by atoms with van der Waals surface area (Å²) >= 11 is 0. The van der Waals surface area contributed by atoms with Crippen LogP contribution in [0.4, 0.5) is 0 Å². The third-order valence-corrected chi connectivity index (χ3v) is 6.95. The van der Waals surface area contributed by atoms with Gasteiger partial charge in [0.2, 0.25) is 15.9 Å². The molecule has 1 saturated heterocycles. The number of sulfonamides is 1. The van der Waals surface area contributed by atoms with E-state index in [9.17, 15) is 13.2 Å². The monoisotopic (exact) mass is 380 g/mol. The minimum absolute atomic E-state index is 0.0496. The van der Waals surface area contributed by atoms with E-state index < -0.39 is 16.1 Å². The number of carbonyl (C=O) groups is 1. The van der Waals surface area contributed by atoms with Gasteiger partial charge >= 0.3 is 0 Å². The lowest BCUT2D eigenvalue weighted by Gasteiger charge is -2.35. The Labute approximate surface area is 153 Å². The summed E-state index contributed by atoms with van der Waals surface area (Å²) in [5.41, 5.74) is 1.52. The van der Waals surface area contributed by atoms with Crippen molar-refractivity contribution in [3.8, 4) is 0 Å². The second-order valence-corrected chi connectivity index (χ2v) is 8.45. The van der Waals surface area contributed by atoms with Crippen molar-refractivity contribution in [2.75, 3.05) is 26.2 Å². The van der Waals surface area contributed by atoms with E-state index in [-0.39, 0.29) is 23.9 Å². The van der Waals surface area contributed by atoms with E-state index in [4.69, 9.17) is 0 Å². The van der Waals surface area contributed by atoms with Gasteiger partial charge in [-0.1, -0.05) is 0 Å². The van der Waals surface area contributed by atoms with Crippen LogP contribution in [-0.4, -0.2) is 69.3 Å². The lowest BCUT2D eigenvalue weighted by Crippen LogP contribution is -2.51. The van der Waals surface area contributed by atoms with Crippen molar-refractivity contribution in [3.63, 3.8) is 0 Å². The number of hydrogen-bond donors (Lipinski definition) is 0. The average Bonchev–Trinajstić information content (AvgIpc) is 3.20. The Balaban J connectivity index is 1.68. The van der Waals surface area contributed by atoms with Crippen molar-refractivity contribution < 1.29 is 13.2 Å². The topological polar surface area (TPSA) is 93.3 Å². The lowest BCUT2D eigenvalue weighted by atomic mass is 10.2. The molecule has 1 atom stereocenters. The van der Waals surface area contributed by atoms with Crippen LogP contribution in [0.2, 0.25) is 0 Å². The smallest absolute Gasteiger partial charge is 0.247 e. The maximum Gasteiger partial charge on any atom is 0.247 e. The first-order valence-electron chi connectivity index (χ1n) is 8.51. The first kappa shape index (κ1) is 18.6. The van der Waals surface area contributed by atoms with Gasteiger partial charge in [-0.25, -0.2) is 8.42 Å². The minimum Gasteiger partial charge on any atom is -0.338 e. The van der Waals surface area contributed by atoms with Crippen molar-refractivity contribution in [1.29, 1.82) is 0 Å². The first-order valence-corrected chi connectivity index (χ1v) is 9.95. The fraction of sp³-hybridized carbons (Fsp3) is 0.562. The molecule has 9 nitrogen and oxygen atoms in total. The van der Waals surface area contributed by atoms with Crippen LogP contribution in [0.5, 0.6) is 0 Å². The molecule has 1 amide bonds. The van der Waals surface area contributed by atoms with Crippen LogP contribution < -0.4 is 0 Å². The Hall–Kier alpha value is -2.20. The molecule has 3 rings (SSSR count). The summed E-state index contributed by atoms with van der Waals surface area (Å²) in [7, 11) is -1.88. The molecule has 2 aromatic heterocycles. The molecule has 0 saturated carbocycles. The fourth-order valence-electron chi connectivity index (χ4n) is 3.17. The molecule has 0 aliphatic carbocycles. The highest BCUT2D eigenvalue weighted by Gasteiger charge is 2.33. The van der Waals surface area contributed by atoms with E-state index in [1.807, 2.05) is 19.9 Å². The molecule has 1 unspecified atom stereocenters. The molecule has 1 aliphatic heterocycles. The van der Waals surface area contributed by atoms with Crippen LogP contribution in [0, 0.1) is 13.8 Å². The van der Waals surface area contributed by atoms with Gasteiger partial charge in [0.15, 0.2) is 0 Å². The number of piperazine rings is 1. The summed E-state index contributed by atoms with van der Waals surface area (Å²) in [5, 5.41) is 8.21. The Bertz CT molecular complexity index is 908. The summed E-state index contributed by atoms with van der Waals surface area (Å²) in [6, 6.07) is 1.44. The summed E-state index contributed by atoms with van der Waals surface area (Å²) in [6.07, 6.45) is 3.05. The molecule has 3 heterocycles. The molecule has 10 heteroatoms. The van der Waals surface area contributed by atoms with E-state index in [0.29, 0.717) is 18.8 Å². The Morgan fingerprint density at radius 2 is 1.81 bits per heavy atom. The van der Waals surface area contributed by atoms with Crippen molar-refractivity contribution in [1.82, 2.24) is 28.8 Å². The zero-order valence-electron chi connectivity index (χ0n) is 15.5. The SMILES string of the molecule is Cc1c(S(=O)(=O)N2CCN(C(=O)C(C)n3nccc3C)CC2)cnn1C. The number of amides is 1. The minimum atomic E-state index is -3.60. The third kappa shape index (κ3) is 3.14. The lowest BCUT2D eigenvalue weighted by molar-refractivity contribution is -0.135. The number of aryl methyl sites for hydroxylation is 2. The molecule has 1 aliphatic rings. The third-order valence-electron chi connectivity index (χ3n) is 4.95. The van der Waals surface area contributed by atoms with Gasteiger partial charge in [-0.15, -0.1) is 0 Å². The van der Waals surface area contributed by atoms with Crippen molar-refractivity contribution >= 4 is 15.9 Å². The number of carbonyl (C=O) groups excluding carboxylic acids is 1. The van der Waals surface area contributed by atoms with Crippen molar-refractivity contribution in [2.45, 2.75) is 31.7 Å². The Morgan fingerprint density at radius 1 is 1.15 bits per heavy atom. The van der Waals surface area contributed by atoms with Crippen LogP contribution in [0.1, 0.15) is 24.4 Å². The molecule has 2 aromatic rings. The second kappa shape index (κ2) is 6.84. The molecule has 26 heavy (non-hydrogen) atoms. The van der Waals surface area contributed by atoms with Crippen LogP contribution in [0.3, 0.4) is 0 Å². The zero-order chi connectivity index (χ0) is 19.1. The molecule has 1 fully saturated rings. The molecule has 142 valence electrons. The first-order chi connectivity index (χ1) is 12.2. The van der Waals surface area contributed by atoms with Gasteiger partial charge in [0.25, 0.3) is 0 Å². The number of rotatable bonds is 4. The molecule has 0 spiro atoms. The van der Waals surface area contributed by atoms with Crippen LogP contribution in [-0.2, 0) is 21.9 Å². The number of aromatic nitrogens is 4. The quantitative estimate of drug-likeness (QED) is 0.762. The molecular formula is C16H24N6O3S. The Morgan fingerprint density at radius 3 is 2.31 bits per heavy atom. The highest BCUT2D eigenvalue weighted by atomic mass is 32.2. The van der Waals surface area contributed by atoms with E-state index in [1.54, 1.807) is 34.4 Å². The standard InChI is InChI=1S/C16H24N6O3S/c1-12-5-6-17-22(12)14(3)16(23)20-7-9-21(10-8-20)26(24,25)15-11-18-19(4)13(15)2/h5-6,11,14H,7-10H2,1-4H3. The predicted molar refractivity (Wildman–Crippen MR) is 95.0 cm³/mol. The predicted octanol–water partition coefficient (Wildman–Crippen LogP) is 0.328. The molecule has 0 N–H and O–H groups in total. The van der Waals surface area contributed by atoms with Crippen molar-refractivity contribution in [3.05, 3.63) is 29.8 Å². The van der Waals surface area contributed by atoms with Gasteiger partial charge in [-0.05, 0) is 26.8 Å². The van der Waals surface area contributed by atoms with E-state index in [1.165, 1.54) is 10.5 Å². The van der Waals surface area contributed by atoms with Gasteiger partial charge < -0.3 is 4.90 Å². The largest absolute Gasteiger partial charge is 0.338 e. The summed E-state index contributed by atoms with van der Waals surface area (Å²) in [4.78, 5) is 14.6. The second-order valence-electron chi connectivity index (χ2n) is 6.54. The van der Waals surface area contributed by atoms with Gasteiger partial charge in [0, 0.05) is 45.1 Å². The highest BCUT2D eigenvalue weighted by Crippen LogP contribution is 2.21. The average molecular weight is 380 g/mol. The fourth-order valence-corrected chi connectivity index (χ4v) is 4.78. The zero-order valence-corrected chi connectivity index (χ0v) is 16.3. The summed E-state index contributed by atoms with van der Waals surface area (Å²) in [5.74, 6) is -0.0496.